The quantitative estimate of drug-likeness (QED) is 0.873. The van der Waals surface area contributed by atoms with Crippen molar-refractivity contribution < 1.29 is 4.79 Å². The zero-order chi connectivity index (χ0) is 13.7. The maximum atomic E-state index is 11.7. The van der Waals surface area contributed by atoms with Gasteiger partial charge in [-0.2, -0.15) is 5.10 Å². The summed E-state index contributed by atoms with van der Waals surface area (Å²) in [6.07, 6.45) is 0.444. The molecule has 0 saturated heterocycles. The number of nitrogens with two attached hydrogens (primary N) is 1. The number of hydrogen-bond donors (Lipinski definition) is 1. The topological polar surface area (TPSA) is 64.2 Å². The second-order valence-electron chi connectivity index (χ2n) is 4.64. The van der Waals surface area contributed by atoms with Gasteiger partial charge < -0.3 is 10.6 Å². The SMILES string of the molecule is CN1C(=O)Cc2cc(-c3nn(C)c(N)c3Br)ccc21. The van der Waals surface area contributed by atoms with Gasteiger partial charge in [-0.25, -0.2) is 0 Å². The van der Waals surface area contributed by atoms with E-state index in [9.17, 15) is 4.79 Å². The van der Waals surface area contributed by atoms with E-state index in [0.717, 1.165) is 27.0 Å². The number of fused-ring (bicyclic) bond motifs is 1. The number of aryl methyl sites for hydroxylation is 1. The fraction of sp³-hybridized carbons (Fsp3) is 0.231. The lowest BCUT2D eigenvalue weighted by Gasteiger charge is -2.10. The van der Waals surface area contributed by atoms with Gasteiger partial charge in [0, 0.05) is 25.3 Å². The van der Waals surface area contributed by atoms with Gasteiger partial charge in [-0.1, -0.05) is 6.07 Å². The highest BCUT2D eigenvalue weighted by Gasteiger charge is 2.25. The Balaban J connectivity index is 2.11. The highest BCUT2D eigenvalue weighted by atomic mass is 79.9. The Bertz CT molecular complexity index is 692. The smallest absolute Gasteiger partial charge is 0.231 e. The van der Waals surface area contributed by atoms with Gasteiger partial charge in [0.25, 0.3) is 0 Å². The van der Waals surface area contributed by atoms with Gasteiger partial charge in [0.15, 0.2) is 0 Å². The number of nitrogen functional groups attached to an aromatic ring is 1. The fourth-order valence-electron chi connectivity index (χ4n) is 2.31. The second kappa shape index (κ2) is 4.09. The molecule has 0 radical (unpaired) electrons. The van der Waals surface area contributed by atoms with Crippen LogP contribution >= 0.6 is 15.9 Å². The predicted octanol–water partition coefficient (Wildman–Crippen LogP) is 1.95. The van der Waals surface area contributed by atoms with Crippen molar-refractivity contribution in [3.63, 3.8) is 0 Å². The lowest BCUT2D eigenvalue weighted by atomic mass is 10.1. The van der Waals surface area contributed by atoms with Crippen LogP contribution < -0.4 is 10.6 Å². The summed E-state index contributed by atoms with van der Waals surface area (Å²) in [5.41, 5.74) is 9.64. The molecule has 0 atom stereocenters. The van der Waals surface area contributed by atoms with Crippen LogP contribution in [0, 0.1) is 0 Å². The van der Waals surface area contributed by atoms with Crippen molar-refractivity contribution in [2.75, 3.05) is 17.7 Å². The zero-order valence-electron chi connectivity index (χ0n) is 10.6. The van der Waals surface area contributed by atoms with Crippen LogP contribution in [0.3, 0.4) is 0 Å². The van der Waals surface area contributed by atoms with Crippen molar-refractivity contribution in [3.05, 3.63) is 28.2 Å². The summed E-state index contributed by atoms with van der Waals surface area (Å²) in [5.74, 6) is 0.704. The molecule has 0 fully saturated rings. The Labute approximate surface area is 119 Å². The molecule has 2 aromatic rings. The van der Waals surface area contributed by atoms with Crippen LogP contribution in [-0.2, 0) is 18.3 Å². The van der Waals surface area contributed by atoms with Crippen molar-refractivity contribution >= 4 is 33.3 Å². The lowest BCUT2D eigenvalue weighted by molar-refractivity contribution is -0.117. The molecule has 3 rings (SSSR count). The van der Waals surface area contributed by atoms with Gasteiger partial charge in [0.2, 0.25) is 5.91 Å². The van der Waals surface area contributed by atoms with Crippen molar-refractivity contribution in [2.24, 2.45) is 7.05 Å². The lowest BCUT2D eigenvalue weighted by Crippen LogP contribution is -2.20. The second-order valence-corrected chi connectivity index (χ2v) is 5.44. The van der Waals surface area contributed by atoms with Gasteiger partial charge >= 0.3 is 0 Å². The van der Waals surface area contributed by atoms with Gasteiger partial charge in [0.05, 0.1) is 10.9 Å². The molecule has 0 saturated carbocycles. The van der Waals surface area contributed by atoms with Crippen LogP contribution in [0.15, 0.2) is 22.7 Å². The first-order valence-electron chi connectivity index (χ1n) is 5.87. The molecule has 1 amide bonds. The Morgan fingerprint density at radius 2 is 2.11 bits per heavy atom. The number of rotatable bonds is 1. The number of hydrogen-bond acceptors (Lipinski definition) is 3. The predicted molar refractivity (Wildman–Crippen MR) is 77.9 cm³/mol. The molecule has 5 nitrogen and oxygen atoms in total. The maximum Gasteiger partial charge on any atom is 0.231 e. The van der Waals surface area contributed by atoms with E-state index in [1.165, 1.54) is 0 Å². The minimum Gasteiger partial charge on any atom is -0.383 e. The molecule has 0 spiro atoms. The van der Waals surface area contributed by atoms with E-state index in [4.69, 9.17) is 5.73 Å². The normalized spacial score (nSPS) is 14.1. The highest BCUT2D eigenvalue weighted by molar-refractivity contribution is 9.10. The number of halogens is 1. The zero-order valence-corrected chi connectivity index (χ0v) is 12.2. The number of anilines is 2. The molecule has 2 N–H and O–H groups in total. The monoisotopic (exact) mass is 320 g/mol. The summed E-state index contributed by atoms with van der Waals surface area (Å²) in [5, 5.41) is 4.39. The average molecular weight is 321 g/mol. The fourth-order valence-corrected chi connectivity index (χ4v) is 2.88. The number of amides is 1. The first-order valence-corrected chi connectivity index (χ1v) is 6.66. The molecule has 2 heterocycles. The van der Waals surface area contributed by atoms with E-state index >= 15 is 0 Å². The minimum atomic E-state index is 0.117. The molecule has 1 aromatic heterocycles. The van der Waals surface area contributed by atoms with E-state index in [1.807, 2.05) is 18.2 Å². The van der Waals surface area contributed by atoms with Crippen molar-refractivity contribution in [3.8, 4) is 11.3 Å². The summed E-state index contributed by atoms with van der Waals surface area (Å²) < 4.78 is 2.41. The van der Waals surface area contributed by atoms with Crippen LogP contribution in [0.25, 0.3) is 11.3 Å². The molecule has 98 valence electrons. The van der Waals surface area contributed by atoms with Crippen LogP contribution in [-0.4, -0.2) is 22.7 Å². The summed E-state index contributed by atoms with van der Waals surface area (Å²) in [7, 11) is 3.59. The number of benzene rings is 1. The first-order chi connectivity index (χ1) is 8.99. The van der Waals surface area contributed by atoms with E-state index < -0.39 is 0 Å². The van der Waals surface area contributed by atoms with Gasteiger partial charge in [-0.3, -0.25) is 9.48 Å². The molecule has 0 unspecified atom stereocenters. The number of carbonyl (C=O) groups is 1. The van der Waals surface area contributed by atoms with E-state index in [0.29, 0.717) is 12.2 Å². The van der Waals surface area contributed by atoms with Crippen molar-refractivity contribution in [1.82, 2.24) is 9.78 Å². The van der Waals surface area contributed by atoms with E-state index in [1.54, 1.807) is 23.7 Å². The molecular weight excluding hydrogens is 308 g/mol. The van der Waals surface area contributed by atoms with Gasteiger partial charge in [-0.15, -0.1) is 0 Å². The molecule has 19 heavy (non-hydrogen) atoms. The summed E-state index contributed by atoms with van der Waals surface area (Å²) in [4.78, 5) is 13.4. The Hall–Kier alpha value is -1.82. The summed E-state index contributed by atoms with van der Waals surface area (Å²) in [6, 6.07) is 5.91. The van der Waals surface area contributed by atoms with Crippen LogP contribution in [0.5, 0.6) is 0 Å². The molecule has 0 bridgehead atoms. The summed E-state index contributed by atoms with van der Waals surface area (Å²) in [6.45, 7) is 0. The van der Waals surface area contributed by atoms with Crippen molar-refractivity contribution in [1.29, 1.82) is 0 Å². The third-order valence-corrected chi connectivity index (χ3v) is 4.24. The molecule has 6 heteroatoms. The van der Waals surface area contributed by atoms with Gasteiger partial charge in [0.1, 0.15) is 11.5 Å². The maximum absolute atomic E-state index is 11.7. The van der Waals surface area contributed by atoms with E-state index in [2.05, 4.69) is 21.0 Å². The first kappa shape index (κ1) is 12.2. The molecular formula is C13H13BrN4O. The largest absolute Gasteiger partial charge is 0.383 e. The minimum absolute atomic E-state index is 0.117. The molecule has 1 aliphatic rings. The van der Waals surface area contributed by atoms with Crippen LogP contribution in [0.1, 0.15) is 5.56 Å². The molecule has 1 aliphatic heterocycles. The standard InChI is InChI=1S/C13H13BrN4O/c1-17-9-4-3-7(5-8(9)6-10(17)19)12-11(14)13(15)18(2)16-12/h3-5H,6,15H2,1-2H3. The highest BCUT2D eigenvalue weighted by Crippen LogP contribution is 2.36. The third kappa shape index (κ3) is 1.74. The van der Waals surface area contributed by atoms with Crippen LogP contribution in [0.4, 0.5) is 11.5 Å². The Morgan fingerprint density at radius 3 is 2.74 bits per heavy atom. The summed E-state index contributed by atoms with van der Waals surface area (Å²) >= 11 is 3.46. The number of aromatic nitrogens is 2. The number of nitrogens with zero attached hydrogens (tertiary/aromatic N) is 3. The van der Waals surface area contributed by atoms with Crippen molar-refractivity contribution in [2.45, 2.75) is 6.42 Å². The Morgan fingerprint density at radius 1 is 1.37 bits per heavy atom. The molecule has 1 aromatic carbocycles. The third-order valence-electron chi connectivity index (χ3n) is 3.46. The van der Waals surface area contributed by atoms with Gasteiger partial charge in [-0.05, 0) is 33.6 Å². The number of likely N-dealkylation sites (N-methyl/N-ethyl adjacent to an activating group) is 1. The molecule has 0 aliphatic carbocycles. The van der Waals surface area contributed by atoms with E-state index in [-0.39, 0.29) is 5.91 Å². The number of carbonyl (C=O) groups excluding carboxylic acids is 1. The average Bonchev–Trinajstić information content (AvgIpc) is 2.81. The van der Waals surface area contributed by atoms with Crippen LogP contribution in [0.2, 0.25) is 0 Å². The Kier molecular flexibility index (Phi) is 2.63.